The van der Waals surface area contributed by atoms with E-state index in [2.05, 4.69) is 0 Å². The Morgan fingerprint density at radius 1 is 1.33 bits per heavy atom. The Labute approximate surface area is 122 Å². The molecule has 0 radical (unpaired) electrons. The molecule has 0 bridgehead atoms. The van der Waals surface area contributed by atoms with E-state index in [1.807, 2.05) is 20.8 Å². The number of hydrogen-bond donors (Lipinski definition) is 1. The molecule has 114 valence electrons. The summed E-state index contributed by atoms with van der Waals surface area (Å²) in [6, 6.07) is 4.10. The number of rotatable bonds is 4. The first kappa shape index (κ1) is 16.6. The largest absolute Gasteiger partial charge is 0.449 e. The van der Waals surface area contributed by atoms with Gasteiger partial charge in [0.15, 0.2) is 6.10 Å². The molecule has 0 saturated heterocycles. The van der Waals surface area contributed by atoms with Crippen LogP contribution < -0.4 is 5.73 Å². The molecule has 0 saturated carbocycles. The van der Waals surface area contributed by atoms with Gasteiger partial charge in [-0.3, -0.25) is 14.9 Å². The zero-order chi connectivity index (χ0) is 16.4. The molecular formula is C14H18N2O5. The number of nitrogens with zero attached hydrogens (tertiary/aromatic N) is 1. The van der Waals surface area contributed by atoms with E-state index in [0.717, 1.165) is 6.07 Å². The fourth-order valence-corrected chi connectivity index (χ4v) is 1.73. The molecule has 0 aliphatic heterocycles. The third-order valence-electron chi connectivity index (χ3n) is 2.92. The first-order valence-corrected chi connectivity index (χ1v) is 6.33. The second-order valence-electron chi connectivity index (χ2n) is 5.69. The number of carbonyl (C=O) groups excluding carboxylic acids is 2. The van der Waals surface area contributed by atoms with E-state index in [1.165, 1.54) is 19.1 Å². The molecule has 0 aromatic heterocycles. The molecule has 21 heavy (non-hydrogen) atoms. The van der Waals surface area contributed by atoms with Gasteiger partial charge in [-0.1, -0.05) is 26.8 Å². The number of nitrogens with two attached hydrogens (primary N) is 1. The van der Waals surface area contributed by atoms with Gasteiger partial charge >= 0.3 is 5.97 Å². The van der Waals surface area contributed by atoms with E-state index in [4.69, 9.17) is 10.5 Å². The van der Waals surface area contributed by atoms with Crippen molar-refractivity contribution < 1.29 is 19.2 Å². The average Bonchev–Trinajstić information content (AvgIpc) is 2.36. The van der Waals surface area contributed by atoms with Crippen LogP contribution in [-0.2, 0) is 14.9 Å². The lowest BCUT2D eigenvalue weighted by atomic mass is 9.85. The molecule has 1 aromatic carbocycles. The van der Waals surface area contributed by atoms with Crippen molar-refractivity contribution in [2.45, 2.75) is 39.2 Å². The Hall–Kier alpha value is -2.44. The molecule has 0 aliphatic rings. The lowest BCUT2D eigenvalue weighted by Gasteiger charge is -2.19. The number of ether oxygens (including phenoxy) is 1. The van der Waals surface area contributed by atoms with Crippen molar-refractivity contribution in [2.24, 2.45) is 5.73 Å². The average molecular weight is 294 g/mol. The minimum Gasteiger partial charge on any atom is -0.449 e. The molecule has 0 aliphatic carbocycles. The van der Waals surface area contributed by atoms with Crippen molar-refractivity contribution >= 4 is 17.6 Å². The van der Waals surface area contributed by atoms with Gasteiger partial charge in [0.2, 0.25) is 0 Å². The van der Waals surface area contributed by atoms with E-state index in [-0.39, 0.29) is 11.3 Å². The van der Waals surface area contributed by atoms with E-state index in [0.29, 0.717) is 5.56 Å². The fourth-order valence-electron chi connectivity index (χ4n) is 1.73. The van der Waals surface area contributed by atoms with Gasteiger partial charge in [0.05, 0.1) is 10.5 Å². The van der Waals surface area contributed by atoms with Gasteiger partial charge in [0, 0.05) is 11.6 Å². The summed E-state index contributed by atoms with van der Waals surface area (Å²) in [5.41, 5.74) is 4.90. The second-order valence-corrected chi connectivity index (χ2v) is 5.69. The van der Waals surface area contributed by atoms with E-state index >= 15 is 0 Å². The highest BCUT2D eigenvalue weighted by Crippen LogP contribution is 2.32. The number of hydrogen-bond acceptors (Lipinski definition) is 5. The molecule has 0 heterocycles. The van der Waals surface area contributed by atoms with Crippen molar-refractivity contribution in [3.8, 4) is 0 Å². The standard InChI is InChI=1S/C14H18N2O5/c1-8(12(15)17)21-13(18)9-5-6-10(14(2,3)4)11(7-9)16(19)20/h5-8H,1-4H3,(H2,15,17)/t8-/m1/s1. The molecule has 0 unspecified atom stereocenters. The minimum atomic E-state index is -1.10. The van der Waals surface area contributed by atoms with Crippen LogP contribution in [0.2, 0.25) is 0 Å². The molecule has 1 amide bonds. The Bertz CT molecular complexity index is 590. The van der Waals surface area contributed by atoms with Crippen LogP contribution in [0.4, 0.5) is 5.69 Å². The highest BCUT2D eigenvalue weighted by atomic mass is 16.6. The predicted octanol–water partition coefficient (Wildman–Crippen LogP) is 1.92. The lowest BCUT2D eigenvalue weighted by molar-refractivity contribution is -0.386. The molecule has 2 N–H and O–H groups in total. The van der Waals surface area contributed by atoms with E-state index in [1.54, 1.807) is 0 Å². The third-order valence-corrected chi connectivity index (χ3v) is 2.92. The van der Waals surface area contributed by atoms with Crippen LogP contribution in [0.1, 0.15) is 43.6 Å². The lowest BCUT2D eigenvalue weighted by Crippen LogP contribution is -2.30. The van der Waals surface area contributed by atoms with Gasteiger partial charge in [-0.15, -0.1) is 0 Å². The van der Waals surface area contributed by atoms with Crippen molar-refractivity contribution in [2.75, 3.05) is 0 Å². The minimum absolute atomic E-state index is 0.00259. The molecule has 7 heteroatoms. The predicted molar refractivity (Wildman–Crippen MR) is 75.9 cm³/mol. The van der Waals surface area contributed by atoms with E-state index < -0.39 is 28.3 Å². The molecule has 1 atom stereocenters. The maximum atomic E-state index is 11.8. The number of amides is 1. The van der Waals surface area contributed by atoms with Gasteiger partial charge in [0.25, 0.3) is 11.6 Å². The Morgan fingerprint density at radius 3 is 2.33 bits per heavy atom. The van der Waals surface area contributed by atoms with Crippen molar-refractivity contribution in [3.63, 3.8) is 0 Å². The normalized spacial score (nSPS) is 12.6. The zero-order valence-electron chi connectivity index (χ0n) is 12.4. The van der Waals surface area contributed by atoms with Crippen LogP contribution in [0.15, 0.2) is 18.2 Å². The molecule has 0 spiro atoms. The molecule has 0 fully saturated rings. The quantitative estimate of drug-likeness (QED) is 0.518. The second kappa shape index (κ2) is 5.90. The summed E-state index contributed by atoms with van der Waals surface area (Å²) in [6.45, 7) is 6.84. The number of nitro groups is 1. The summed E-state index contributed by atoms with van der Waals surface area (Å²) in [7, 11) is 0. The molecular weight excluding hydrogens is 276 g/mol. The van der Waals surface area contributed by atoms with Crippen LogP contribution in [-0.4, -0.2) is 22.9 Å². The number of carbonyl (C=O) groups is 2. The summed E-state index contributed by atoms with van der Waals surface area (Å²) in [5, 5.41) is 11.2. The Morgan fingerprint density at radius 2 is 1.90 bits per heavy atom. The summed E-state index contributed by atoms with van der Waals surface area (Å²) >= 11 is 0. The zero-order valence-corrected chi connectivity index (χ0v) is 12.4. The van der Waals surface area contributed by atoms with Crippen LogP contribution in [0, 0.1) is 10.1 Å². The van der Waals surface area contributed by atoms with Gasteiger partial charge in [0.1, 0.15) is 0 Å². The highest BCUT2D eigenvalue weighted by molar-refractivity contribution is 5.92. The topological polar surface area (TPSA) is 113 Å². The first-order valence-electron chi connectivity index (χ1n) is 6.33. The highest BCUT2D eigenvalue weighted by Gasteiger charge is 2.27. The van der Waals surface area contributed by atoms with Crippen molar-refractivity contribution in [3.05, 3.63) is 39.4 Å². The molecule has 1 aromatic rings. The SMILES string of the molecule is C[C@@H](OC(=O)c1ccc(C(C)(C)C)c([N+](=O)[O-])c1)C(N)=O. The van der Waals surface area contributed by atoms with Gasteiger partial charge < -0.3 is 10.5 Å². The smallest absolute Gasteiger partial charge is 0.339 e. The first-order chi connectivity index (χ1) is 9.54. The number of primary amides is 1. The van der Waals surface area contributed by atoms with E-state index in [9.17, 15) is 19.7 Å². The van der Waals surface area contributed by atoms with Crippen LogP contribution in [0.5, 0.6) is 0 Å². The monoisotopic (exact) mass is 294 g/mol. The van der Waals surface area contributed by atoms with Crippen molar-refractivity contribution in [1.29, 1.82) is 0 Å². The summed E-state index contributed by atoms with van der Waals surface area (Å²) in [5.74, 6) is -1.62. The molecule has 1 rings (SSSR count). The van der Waals surface area contributed by atoms with Gasteiger partial charge in [-0.25, -0.2) is 4.79 Å². The van der Waals surface area contributed by atoms with Crippen LogP contribution in [0.25, 0.3) is 0 Å². The van der Waals surface area contributed by atoms with Crippen LogP contribution in [0.3, 0.4) is 0 Å². The number of benzene rings is 1. The third kappa shape index (κ3) is 4.01. The number of nitro benzene ring substituents is 1. The van der Waals surface area contributed by atoms with Gasteiger partial charge in [-0.2, -0.15) is 0 Å². The van der Waals surface area contributed by atoms with Gasteiger partial charge in [-0.05, 0) is 18.4 Å². The summed E-state index contributed by atoms with van der Waals surface area (Å²) in [4.78, 5) is 33.3. The fraction of sp³-hybridized carbons (Fsp3) is 0.429. The summed E-state index contributed by atoms with van der Waals surface area (Å²) < 4.78 is 4.82. The van der Waals surface area contributed by atoms with Crippen molar-refractivity contribution in [1.82, 2.24) is 0 Å². The Balaban J connectivity index is 3.18. The maximum absolute atomic E-state index is 11.8. The Kier molecular flexibility index (Phi) is 4.67. The van der Waals surface area contributed by atoms with Crippen LogP contribution >= 0.6 is 0 Å². The number of esters is 1. The molecule has 7 nitrogen and oxygen atoms in total. The summed E-state index contributed by atoms with van der Waals surface area (Å²) in [6.07, 6.45) is -1.10. The maximum Gasteiger partial charge on any atom is 0.339 e.